The van der Waals surface area contributed by atoms with Gasteiger partial charge < -0.3 is 15.0 Å². The van der Waals surface area contributed by atoms with Gasteiger partial charge in [0.25, 0.3) is 0 Å². The van der Waals surface area contributed by atoms with Crippen LogP contribution in [-0.4, -0.2) is 54.5 Å². The number of para-hydroxylation sites is 2. The van der Waals surface area contributed by atoms with Gasteiger partial charge >= 0.3 is 0 Å². The van der Waals surface area contributed by atoms with Crippen molar-refractivity contribution >= 4 is 11.6 Å². The van der Waals surface area contributed by atoms with Gasteiger partial charge in [0.2, 0.25) is 5.91 Å². The van der Waals surface area contributed by atoms with Crippen molar-refractivity contribution in [3.05, 3.63) is 60.2 Å². The average Bonchev–Trinajstić information content (AvgIpc) is 2.68. The molecular weight excluding hydrogens is 338 g/mol. The molecule has 1 aliphatic rings. The van der Waals surface area contributed by atoms with E-state index in [2.05, 4.69) is 34.5 Å². The molecule has 2 aromatic rings. The van der Waals surface area contributed by atoms with Gasteiger partial charge in [0.1, 0.15) is 5.75 Å². The molecule has 1 fully saturated rings. The Morgan fingerprint density at radius 2 is 1.67 bits per heavy atom. The minimum Gasteiger partial charge on any atom is -0.489 e. The second-order valence-corrected chi connectivity index (χ2v) is 7.16. The highest BCUT2D eigenvalue weighted by molar-refractivity contribution is 5.81. The highest BCUT2D eigenvalue weighted by Gasteiger charge is 2.21. The number of amides is 1. The van der Waals surface area contributed by atoms with Gasteiger partial charge in [-0.15, -0.1) is 0 Å². The monoisotopic (exact) mass is 367 g/mol. The van der Waals surface area contributed by atoms with Crippen molar-refractivity contribution in [2.24, 2.45) is 0 Å². The van der Waals surface area contributed by atoms with Gasteiger partial charge in [-0.25, -0.2) is 0 Å². The van der Waals surface area contributed by atoms with E-state index in [1.807, 2.05) is 49.1 Å². The largest absolute Gasteiger partial charge is 0.489 e. The van der Waals surface area contributed by atoms with E-state index in [-0.39, 0.29) is 18.6 Å². The van der Waals surface area contributed by atoms with Crippen LogP contribution in [0.4, 0.5) is 5.69 Å². The maximum absolute atomic E-state index is 12.6. The van der Waals surface area contributed by atoms with Gasteiger partial charge in [0.05, 0.1) is 18.3 Å². The first kappa shape index (κ1) is 19.2. The molecule has 0 unspecified atom stereocenters. The Labute approximate surface area is 161 Å². The molecule has 1 aliphatic heterocycles. The summed E-state index contributed by atoms with van der Waals surface area (Å²) in [5.41, 5.74) is 2.18. The highest BCUT2D eigenvalue weighted by atomic mass is 16.5. The Balaban J connectivity index is 1.46. The van der Waals surface area contributed by atoms with Crippen molar-refractivity contribution in [1.29, 1.82) is 0 Å². The minimum absolute atomic E-state index is 0.0985. The zero-order valence-electron chi connectivity index (χ0n) is 16.2. The molecule has 0 spiro atoms. The molecule has 0 aromatic heterocycles. The fourth-order valence-corrected chi connectivity index (χ4v) is 3.25. The summed E-state index contributed by atoms with van der Waals surface area (Å²) >= 11 is 0. The fraction of sp³-hybridized carbons (Fsp3) is 0.409. The van der Waals surface area contributed by atoms with Crippen molar-refractivity contribution in [2.45, 2.75) is 26.5 Å². The molecule has 5 heteroatoms. The summed E-state index contributed by atoms with van der Waals surface area (Å²) in [5, 5.41) is 3.24. The van der Waals surface area contributed by atoms with Crippen LogP contribution < -0.4 is 10.1 Å². The van der Waals surface area contributed by atoms with Crippen LogP contribution in [0.1, 0.15) is 19.4 Å². The summed E-state index contributed by atoms with van der Waals surface area (Å²) in [6.07, 6.45) is 0.0985. The Kier molecular flexibility index (Phi) is 6.71. The molecule has 144 valence electrons. The fourth-order valence-electron chi connectivity index (χ4n) is 3.25. The first-order valence-electron chi connectivity index (χ1n) is 9.65. The number of ether oxygens (including phenoxy) is 1. The predicted octanol–water partition coefficient (Wildman–Crippen LogP) is 3.23. The van der Waals surface area contributed by atoms with Crippen LogP contribution in [-0.2, 0) is 11.3 Å². The third-order valence-electron chi connectivity index (χ3n) is 4.65. The van der Waals surface area contributed by atoms with Crippen LogP contribution >= 0.6 is 0 Å². The molecule has 0 atom stereocenters. The summed E-state index contributed by atoms with van der Waals surface area (Å²) in [5.74, 6) is 0.918. The Hall–Kier alpha value is -2.53. The molecule has 1 amide bonds. The molecule has 1 saturated heterocycles. The molecule has 1 heterocycles. The van der Waals surface area contributed by atoms with E-state index < -0.39 is 0 Å². The second kappa shape index (κ2) is 9.42. The van der Waals surface area contributed by atoms with Crippen molar-refractivity contribution in [3.8, 4) is 5.75 Å². The molecule has 0 saturated carbocycles. The van der Waals surface area contributed by atoms with Crippen LogP contribution in [0.5, 0.6) is 5.75 Å². The van der Waals surface area contributed by atoms with Gasteiger partial charge in [0, 0.05) is 32.7 Å². The molecule has 1 N–H and O–H groups in total. The molecule has 2 aromatic carbocycles. The third kappa shape index (κ3) is 5.73. The number of hydrogen-bond donors (Lipinski definition) is 1. The highest BCUT2D eigenvalue weighted by Crippen LogP contribution is 2.24. The van der Waals surface area contributed by atoms with Crippen molar-refractivity contribution in [2.75, 3.05) is 38.0 Å². The van der Waals surface area contributed by atoms with Gasteiger partial charge in [-0.1, -0.05) is 42.5 Å². The lowest BCUT2D eigenvalue weighted by molar-refractivity contribution is -0.131. The maximum Gasteiger partial charge on any atom is 0.241 e. The summed E-state index contributed by atoms with van der Waals surface area (Å²) in [4.78, 5) is 16.9. The van der Waals surface area contributed by atoms with Gasteiger partial charge in [-0.3, -0.25) is 9.69 Å². The van der Waals surface area contributed by atoms with E-state index in [9.17, 15) is 4.79 Å². The summed E-state index contributed by atoms with van der Waals surface area (Å²) in [7, 11) is 0. The molecule has 0 bridgehead atoms. The number of hydrogen-bond acceptors (Lipinski definition) is 4. The Morgan fingerprint density at radius 1 is 1.00 bits per heavy atom. The van der Waals surface area contributed by atoms with Crippen molar-refractivity contribution in [1.82, 2.24) is 9.80 Å². The van der Waals surface area contributed by atoms with E-state index in [0.717, 1.165) is 44.2 Å². The lowest BCUT2D eigenvalue weighted by atomic mass is 10.2. The lowest BCUT2D eigenvalue weighted by Crippen LogP contribution is -2.49. The number of anilines is 1. The first-order valence-corrected chi connectivity index (χ1v) is 9.65. The Morgan fingerprint density at radius 3 is 2.37 bits per heavy atom. The predicted molar refractivity (Wildman–Crippen MR) is 109 cm³/mol. The van der Waals surface area contributed by atoms with E-state index in [1.165, 1.54) is 5.56 Å². The summed E-state index contributed by atoms with van der Waals surface area (Å²) < 4.78 is 5.80. The van der Waals surface area contributed by atoms with Crippen LogP contribution in [0, 0.1) is 0 Å². The van der Waals surface area contributed by atoms with Gasteiger partial charge in [-0.2, -0.15) is 0 Å². The van der Waals surface area contributed by atoms with Crippen molar-refractivity contribution < 1.29 is 9.53 Å². The van der Waals surface area contributed by atoms with E-state index >= 15 is 0 Å². The average molecular weight is 367 g/mol. The number of nitrogens with zero attached hydrogens (tertiary/aromatic N) is 2. The van der Waals surface area contributed by atoms with Gasteiger partial charge in [-0.05, 0) is 31.5 Å². The molecule has 27 heavy (non-hydrogen) atoms. The van der Waals surface area contributed by atoms with E-state index in [4.69, 9.17) is 4.74 Å². The van der Waals surface area contributed by atoms with E-state index in [1.54, 1.807) is 0 Å². The quantitative estimate of drug-likeness (QED) is 0.816. The maximum atomic E-state index is 12.6. The van der Waals surface area contributed by atoms with E-state index in [0.29, 0.717) is 0 Å². The number of nitrogens with one attached hydrogen (secondary N) is 1. The van der Waals surface area contributed by atoms with Crippen molar-refractivity contribution in [3.63, 3.8) is 0 Å². The number of benzene rings is 2. The Bertz CT molecular complexity index is 725. The normalized spacial score (nSPS) is 15.0. The van der Waals surface area contributed by atoms with Crippen LogP contribution in [0.2, 0.25) is 0 Å². The summed E-state index contributed by atoms with van der Waals surface area (Å²) in [6, 6.07) is 18.2. The van der Waals surface area contributed by atoms with Gasteiger partial charge in [0.15, 0.2) is 0 Å². The topological polar surface area (TPSA) is 44.8 Å². The molecular formula is C22H29N3O2. The zero-order valence-corrected chi connectivity index (χ0v) is 16.2. The number of carbonyl (C=O) groups excluding carboxylic acids is 1. The minimum atomic E-state index is 0.0985. The second-order valence-electron chi connectivity index (χ2n) is 7.16. The van der Waals surface area contributed by atoms with Crippen LogP contribution in [0.3, 0.4) is 0 Å². The lowest BCUT2D eigenvalue weighted by Gasteiger charge is -2.35. The standard InChI is InChI=1S/C22H29N3O2/c1-18(2)27-21-11-7-6-10-20(21)23-16-22(26)25-14-12-24(13-15-25)17-19-8-4-3-5-9-19/h3-11,18,23H,12-17H2,1-2H3. The molecule has 0 radical (unpaired) electrons. The molecule has 0 aliphatic carbocycles. The number of carbonyl (C=O) groups is 1. The third-order valence-corrected chi connectivity index (χ3v) is 4.65. The molecule has 3 rings (SSSR count). The number of piperazine rings is 1. The smallest absolute Gasteiger partial charge is 0.241 e. The first-order chi connectivity index (χ1) is 13.1. The van der Waals surface area contributed by atoms with Crippen LogP contribution in [0.25, 0.3) is 0 Å². The number of rotatable bonds is 7. The molecule has 5 nitrogen and oxygen atoms in total. The van der Waals surface area contributed by atoms with Crippen LogP contribution in [0.15, 0.2) is 54.6 Å². The SMILES string of the molecule is CC(C)Oc1ccccc1NCC(=O)N1CCN(Cc2ccccc2)CC1. The summed E-state index contributed by atoms with van der Waals surface area (Å²) in [6.45, 7) is 8.60. The zero-order chi connectivity index (χ0) is 19.1.